The van der Waals surface area contributed by atoms with Crippen molar-refractivity contribution in [2.24, 2.45) is 10.7 Å². The molecule has 0 bridgehead atoms. The zero-order valence-corrected chi connectivity index (χ0v) is 13.3. The molecule has 4 N–H and O–H groups in total. The Hall–Kier alpha value is -1.24. The molecule has 116 valence electrons. The van der Waals surface area contributed by atoms with Gasteiger partial charge in [0.15, 0.2) is 5.96 Å². The van der Waals surface area contributed by atoms with Crippen molar-refractivity contribution in [3.63, 3.8) is 0 Å². The molecule has 1 aliphatic rings. The van der Waals surface area contributed by atoms with Gasteiger partial charge in [-0.3, -0.25) is 4.99 Å². The quantitative estimate of drug-likeness (QED) is 0.425. The summed E-state index contributed by atoms with van der Waals surface area (Å²) < 4.78 is 5.61. The van der Waals surface area contributed by atoms with Crippen molar-refractivity contribution in [3.05, 3.63) is 24.3 Å². The predicted molar refractivity (Wildman–Crippen MR) is 90.2 cm³/mol. The van der Waals surface area contributed by atoms with Gasteiger partial charge in [-0.05, 0) is 31.2 Å². The summed E-state index contributed by atoms with van der Waals surface area (Å²) in [5.41, 5.74) is 6.63. The van der Waals surface area contributed by atoms with E-state index in [4.69, 9.17) is 10.5 Å². The maximum atomic E-state index is 5.61. The summed E-state index contributed by atoms with van der Waals surface area (Å²) in [6.07, 6.45) is 4.54. The van der Waals surface area contributed by atoms with Gasteiger partial charge in [-0.2, -0.15) is 0 Å². The average molecular weight is 308 g/mol. The second kappa shape index (κ2) is 8.92. The fraction of sp³-hybridized carbons (Fsp3) is 0.533. The Kier molecular flexibility index (Phi) is 6.85. The highest BCUT2D eigenvalue weighted by Crippen LogP contribution is 2.24. The van der Waals surface area contributed by atoms with Gasteiger partial charge in [0.25, 0.3) is 0 Å². The SMILES string of the molecule is CSc1ccccc1NC(=NCC1CCCO1)NCCN. The Morgan fingerprint density at radius 1 is 1.48 bits per heavy atom. The molecule has 1 atom stereocenters. The summed E-state index contributed by atoms with van der Waals surface area (Å²) in [6, 6.07) is 8.20. The number of nitrogens with one attached hydrogen (secondary N) is 2. The van der Waals surface area contributed by atoms with E-state index in [0.29, 0.717) is 19.6 Å². The fourth-order valence-corrected chi connectivity index (χ4v) is 2.74. The van der Waals surface area contributed by atoms with Crippen molar-refractivity contribution in [3.8, 4) is 0 Å². The van der Waals surface area contributed by atoms with Crippen LogP contribution in [-0.4, -0.2) is 44.6 Å². The van der Waals surface area contributed by atoms with Crippen LogP contribution >= 0.6 is 11.8 Å². The maximum Gasteiger partial charge on any atom is 0.195 e. The number of guanidine groups is 1. The lowest BCUT2D eigenvalue weighted by molar-refractivity contribution is 0.118. The van der Waals surface area contributed by atoms with Crippen molar-refractivity contribution in [1.29, 1.82) is 0 Å². The molecule has 1 aliphatic heterocycles. The van der Waals surface area contributed by atoms with E-state index in [1.807, 2.05) is 12.1 Å². The first-order valence-electron chi connectivity index (χ1n) is 7.33. The molecule has 0 radical (unpaired) electrons. The Bertz CT molecular complexity index is 461. The van der Waals surface area contributed by atoms with Crippen molar-refractivity contribution in [2.45, 2.75) is 23.8 Å². The summed E-state index contributed by atoms with van der Waals surface area (Å²) in [5.74, 6) is 0.762. The van der Waals surface area contributed by atoms with Crippen LogP contribution in [0.1, 0.15) is 12.8 Å². The lowest BCUT2D eigenvalue weighted by Gasteiger charge is -2.15. The topological polar surface area (TPSA) is 71.7 Å². The summed E-state index contributed by atoms with van der Waals surface area (Å²) in [5, 5.41) is 6.61. The van der Waals surface area contributed by atoms with Crippen LogP contribution in [0.25, 0.3) is 0 Å². The van der Waals surface area contributed by atoms with Crippen LogP contribution < -0.4 is 16.4 Å². The average Bonchev–Trinajstić information content (AvgIpc) is 3.04. The molecule has 1 heterocycles. The second-order valence-corrected chi connectivity index (χ2v) is 5.71. The Morgan fingerprint density at radius 2 is 2.33 bits per heavy atom. The van der Waals surface area contributed by atoms with E-state index in [2.05, 4.69) is 34.0 Å². The summed E-state index contributed by atoms with van der Waals surface area (Å²) in [4.78, 5) is 5.81. The molecule has 0 saturated carbocycles. The third-order valence-corrected chi connectivity index (χ3v) is 4.07. The number of rotatable bonds is 6. The Morgan fingerprint density at radius 3 is 3.05 bits per heavy atom. The number of nitrogens with two attached hydrogens (primary N) is 1. The Labute approximate surface area is 130 Å². The van der Waals surface area contributed by atoms with Crippen molar-refractivity contribution < 1.29 is 4.74 Å². The minimum Gasteiger partial charge on any atom is -0.376 e. The molecular formula is C15H24N4OS. The van der Waals surface area contributed by atoms with Crippen LogP contribution in [0, 0.1) is 0 Å². The van der Waals surface area contributed by atoms with Crippen molar-refractivity contribution in [2.75, 3.05) is 37.8 Å². The number of hydrogen-bond donors (Lipinski definition) is 3. The van der Waals surface area contributed by atoms with E-state index in [1.165, 1.54) is 4.90 Å². The normalized spacial score (nSPS) is 18.8. The van der Waals surface area contributed by atoms with E-state index in [9.17, 15) is 0 Å². The van der Waals surface area contributed by atoms with Gasteiger partial charge in [-0.25, -0.2) is 0 Å². The van der Waals surface area contributed by atoms with Gasteiger partial charge in [0.1, 0.15) is 0 Å². The van der Waals surface area contributed by atoms with Gasteiger partial charge in [0.05, 0.1) is 18.3 Å². The minimum atomic E-state index is 0.247. The third kappa shape index (κ3) is 5.22. The highest BCUT2D eigenvalue weighted by atomic mass is 32.2. The van der Waals surface area contributed by atoms with Crippen LogP contribution in [0.4, 0.5) is 5.69 Å². The molecule has 1 fully saturated rings. The van der Waals surface area contributed by atoms with Crippen LogP contribution in [0.3, 0.4) is 0 Å². The first-order chi connectivity index (χ1) is 10.3. The number of thioether (sulfide) groups is 1. The smallest absolute Gasteiger partial charge is 0.195 e. The van der Waals surface area contributed by atoms with Crippen molar-refractivity contribution in [1.82, 2.24) is 5.32 Å². The lowest BCUT2D eigenvalue weighted by atomic mass is 10.2. The molecule has 0 aliphatic carbocycles. The molecule has 1 saturated heterocycles. The van der Waals surface area contributed by atoms with Crippen molar-refractivity contribution >= 4 is 23.4 Å². The maximum absolute atomic E-state index is 5.61. The number of nitrogens with zero attached hydrogens (tertiary/aromatic N) is 1. The molecule has 0 spiro atoms. The first kappa shape index (κ1) is 16.1. The lowest BCUT2D eigenvalue weighted by Crippen LogP contribution is -2.35. The minimum absolute atomic E-state index is 0.247. The van der Waals surface area contributed by atoms with E-state index in [-0.39, 0.29) is 6.10 Å². The molecule has 0 aromatic heterocycles. The standard InChI is InChI=1S/C15H24N4OS/c1-21-14-7-3-2-6-13(14)19-15(17-9-8-16)18-11-12-5-4-10-20-12/h2-3,6-7,12H,4-5,8-11,16H2,1H3,(H2,17,18,19). The van der Waals surface area contributed by atoms with Crippen LogP contribution in [0.15, 0.2) is 34.2 Å². The van der Waals surface area contributed by atoms with Gasteiger partial charge >= 0.3 is 0 Å². The summed E-state index contributed by atoms with van der Waals surface area (Å²) in [6.45, 7) is 2.80. The zero-order valence-electron chi connectivity index (χ0n) is 12.5. The molecular weight excluding hydrogens is 284 g/mol. The number of ether oxygens (including phenoxy) is 1. The fourth-order valence-electron chi connectivity index (χ4n) is 2.19. The largest absolute Gasteiger partial charge is 0.376 e. The summed E-state index contributed by atoms with van der Waals surface area (Å²) >= 11 is 1.71. The highest BCUT2D eigenvalue weighted by Gasteiger charge is 2.15. The van der Waals surface area contributed by atoms with Gasteiger partial charge in [-0.15, -0.1) is 11.8 Å². The number of anilines is 1. The van der Waals surface area contributed by atoms with E-state index >= 15 is 0 Å². The molecule has 2 rings (SSSR count). The Balaban J connectivity index is 2.02. The number of para-hydroxylation sites is 1. The van der Waals surface area contributed by atoms with Gasteiger partial charge in [0, 0.05) is 24.6 Å². The molecule has 6 heteroatoms. The van der Waals surface area contributed by atoms with Gasteiger partial charge in [0.2, 0.25) is 0 Å². The number of hydrogen-bond acceptors (Lipinski definition) is 4. The van der Waals surface area contributed by atoms with E-state index < -0.39 is 0 Å². The molecule has 0 amide bonds. The highest BCUT2D eigenvalue weighted by molar-refractivity contribution is 7.98. The van der Waals surface area contributed by atoms with Gasteiger partial charge in [-0.1, -0.05) is 12.1 Å². The molecule has 1 aromatic carbocycles. The monoisotopic (exact) mass is 308 g/mol. The van der Waals surface area contributed by atoms with E-state index in [1.54, 1.807) is 11.8 Å². The molecule has 21 heavy (non-hydrogen) atoms. The zero-order chi connectivity index (χ0) is 14.9. The molecule has 1 aromatic rings. The van der Waals surface area contributed by atoms with Crippen LogP contribution in [-0.2, 0) is 4.74 Å². The molecule has 5 nitrogen and oxygen atoms in total. The summed E-state index contributed by atoms with van der Waals surface area (Å²) in [7, 11) is 0. The van der Waals surface area contributed by atoms with Gasteiger partial charge < -0.3 is 21.1 Å². The first-order valence-corrected chi connectivity index (χ1v) is 8.56. The van der Waals surface area contributed by atoms with Crippen LogP contribution in [0.2, 0.25) is 0 Å². The predicted octanol–water partition coefficient (Wildman–Crippen LogP) is 1.90. The van der Waals surface area contributed by atoms with Crippen LogP contribution in [0.5, 0.6) is 0 Å². The second-order valence-electron chi connectivity index (χ2n) is 4.87. The molecule has 1 unspecified atom stereocenters. The number of aliphatic imine (C=N–C) groups is 1. The third-order valence-electron chi connectivity index (χ3n) is 3.27. The number of benzene rings is 1. The van der Waals surface area contributed by atoms with E-state index in [0.717, 1.165) is 31.1 Å².